The molecular weight excluding hydrogens is 296 g/mol. The van der Waals surface area contributed by atoms with Gasteiger partial charge in [0.2, 0.25) is 0 Å². The Morgan fingerprint density at radius 2 is 1.91 bits per heavy atom. The Balaban J connectivity index is 2.41. The Morgan fingerprint density at radius 3 is 2.57 bits per heavy atom. The van der Waals surface area contributed by atoms with Crippen molar-refractivity contribution in [3.05, 3.63) is 18.2 Å². The molecule has 23 heavy (non-hydrogen) atoms. The summed E-state index contributed by atoms with van der Waals surface area (Å²) in [5, 5.41) is 3.05. The smallest absolute Gasteiger partial charge is 0.193 e. The number of ether oxygens (including phenoxy) is 3. The van der Waals surface area contributed by atoms with Crippen molar-refractivity contribution in [3.8, 4) is 11.5 Å². The van der Waals surface area contributed by atoms with Gasteiger partial charge in [0.25, 0.3) is 0 Å². The first-order valence-corrected chi connectivity index (χ1v) is 7.57. The van der Waals surface area contributed by atoms with Gasteiger partial charge in [0, 0.05) is 32.0 Å². The second-order valence-corrected chi connectivity index (χ2v) is 5.11. The Morgan fingerprint density at radius 1 is 1.17 bits per heavy atom. The van der Waals surface area contributed by atoms with Gasteiger partial charge in [-0.3, -0.25) is 4.99 Å². The van der Waals surface area contributed by atoms with Crippen LogP contribution < -0.4 is 20.5 Å². The summed E-state index contributed by atoms with van der Waals surface area (Å²) < 4.78 is 15.5. The normalized spacial score (nSPS) is 11.6. The zero-order chi connectivity index (χ0) is 17.1. The maximum absolute atomic E-state index is 5.90. The Kier molecular flexibility index (Phi) is 8.86. The molecule has 0 bridgehead atoms. The van der Waals surface area contributed by atoms with E-state index in [-0.39, 0.29) is 0 Å². The maximum Gasteiger partial charge on any atom is 0.193 e. The second-order valence-electron chi connectivity index (χ2n) is 5.11. The number of anilines is 1. The molecule has 0 heterocycles. The van der Waals surface area contributed by atoms with Crippen LogP contribution in [-0.4, -0.2) is 65.5 Å². The maximum atomic E-state index is 5.90. The third kappa shape index (κ3) is 7.21. The summed E-state index contributed by atoms with van der Waals surface area (Å²) >= 11 is 0. The summed E-state index contributed by atoms with van der Waals surface area (Å²) in [6.07, 6.45) is 0.939. The fraction of sp³-hybridized carbons (Fsp3) is 0.562. The van der Waals surface area contributed by atoms with E-state index >= 15 is 0 Å². The molecule has 1 rings (SSSR count). The van der Waals surface area contributed by atoms with Crippen LogP contribution in [0.15, 0.2) is 23.2 Å². The summed E-state index contributed by atoms with van der Waals surface area (Å²) in [4.78, 5) is 6.53. The van der Waals surface area contributed by atoms with Crippen LogP contribution >= 0.6 is 0 Å². The lowest BCUT2D eigenvalue weighted by atomic mass is 10.3. The van der Waals surface area contributed by atoms with Crippen molar-refractivity contribution in [1.29, 1.82) is 0 Å². The van der Waals surface area contributed by atoms with E-state index in [1.807, 2.05) is 18.2 Å². The standard InChI is InChI=1S/C16H28N4O3/c1-20(10-11-21-2)9-5-8-18-16(17)19-13-6-7-14(22-3)15(12-13)23-4/h6-7,12H,5,8-11H2,1-4H3,(H3,17,18,19). The van der Waals surface area contributed by atoms with Gasteiger partial charge in [0.15, 0.2) is 17.5 Å². The highest BCUT2D eigenvalue weighted by Crippen LogP contribution is 2.29. The lowest BCUT2D eigenvalue weighted by Gasteiger charge is -2.15. The largest absolute Gasteiger partial charge is 0.493 e. The fourth-order valence-electron chi connectivity index (χ4n) is 2.00. The first-order valence-electron chi connectivity index (χ1n) is 7.57. The molecule has 0 aliphatic rings. The number of aliphatic imine (C=N–C) groups is 1. The molecule has 0 atom stereocenters. The first-order chi connectivity index (χ1) is 11.1. The first kappa shape index (κ1) is 19.1. The van der Waals surface area contributed by atoms with Gasteiger partial charge in [0.1, 0.15) is 0 Å². The molecular formula is C16H28N4O3. The quantitative estimate of drug-likeness (QED) is 0.385. The zero-order valence-electron chi connectivity index (χ0n) is 14.5. The molecule has 0 unspecified atom stereocenters. The Hall–Kier alpha value is -1.99. The predicted octanol–water partition coefficient (Wildman–Crippen LogP) is 1.40. The van der Waals surface area contributed by atoms with Crippen LogP contribution in [0.4, 0.5) is 5.69 Å². The lowest BCUT2D eigenvalue weighted by molar-refractivity contribution is 0.161. The van der Waals surface area contributed by atoms with Crippen LogP contribution in [0.2, 0.25) is 0 Å². The number of benzene rings is 1. The van der Waals surface area contributed by atoms with Crippen LogP contribution in [0.25, 0.3) is 0 Å². The molecule has 3 N–H and O–H groups in total. The molecule has 7 nitrogen and oxygen atoms in total. The zero-order valence-corrected chi connectivity index (χ0v) is 14.5. The van der Waals surface area contributed by atoms with Crippen molar-refractivity contribution in [2.45, 2.75) is 6.42 Å². The second kappa shape index (κ2) is 10.7. The minimum absolute atomic E-state index is 0.386. The van der Waals surface area contributed by atoms with Gasteiger partial charge in [-0.2, -0.15) is 0 Å². The number of nitrogens with zero attached hydrogens (tertiary/aromatic N) is 2. The molecule has 0 fully saturated rings. The topological polar surface area (TPSA) is 81.3 Å². The monoisotopic (exact) mass is 324 g/mol. The average molecular weight is 324 g/mol. The summed E-state index contributed by atoms with van der Waals surface area (Å²) in [6.45, 7) is 3.28. The van der Waals surface area contributed by atoms with Crippen molar-refractivity contribution in [2.24, 2.45) is 10.7 Å². The lowest BCUT2D eigenvalue weighted by Crippen LogP contribution is -2.25. The van der Waals surface area contributed by atoms with Crippen LogP contribution in [0, 0.1) is 0 Å². The molecule has 1 aromatic rings. The molecule has 7 heteroatoms. The van der Waals surface area contributed by atoms with E-state index in [1.165, 1.54) is 0 Å². The van der Waals surface area contributed by atoms with E-state index < -0.39 is 0 Å². The molecule has 0 aliphatic carbocycles. The van der Waals surface area contributed by atoms with E-state index in [0.717, 1.165) is 31.8 Å². The van der Waals surface area contributed by atoms with Gasteiger partial charge in [-0.05, 0) is 32.1 Å². The highest BCUT2D eigenvalue weighted by molar-refractivity contribution is 5.92. The number of hydrogen-bond donors (Lipinski definition) is 2. The van der Waals surface area contributed by atoms with Gasteiger partial charge >= 0.3 is 0 Å². The predicted molar refractivity (Wildman–Crippen MR) is 93.6 cm³/mol. The minimum atomic E-state index is 0.386. The summed E-state index contributed by atoms with van der Waals surface area (Å²) in [5.41, 5.74) is 6.70. The molecule has 1 aromatic carbocycles. The van der Waals surface area contributed by atoms with Gasteiger partial charge in [0.05, 0.1) is 20.8 Å². The number of nitrogens with two attached hydrogens (primary N) is 1. The Bertz CT molecular complexity index is 494. The van der Waals surface area contributed by atoms with E-state index in [4.69, 9.17) is 19.9 Å². The molecule has 0 aliphatic heterocycles. The van der Waals surface area contributed by atoms with E-state index in [9.17, 15) is 0 Å². The summed E-state index contributed by atoms with van der Waals surface area (Å²) in [5.74, 6) is 1.70. The highest BCUT2D eigenvalue weighted by atomic mass is 16.5. The minimum Gasteiger partial charge on any atom is -0.493 e. The number of methoxy groups -OCH3 is 3. The number of nitrogens with one attached hydrogen (secondary N) is 1. The van der Waals surface area contributed by atoms with Crippen molar-refractivity contribution in [1.82, 2.24) is 4.90 Å². The molecule has 0 aromatic heterocycles. The van der Waals surface area contributed by atoms with E-state index in [2.05, 4.69) is 22.3 Å². The highest BCUT2D eigenvalue weighted by Gasteiger charge is 2.05. The molecule has 130 valence electrons. The SMILES string of the molecule is COCCN(C)CCCN=C(N)Nc1ccc(OC)c(OC)c1. The van der Waals surface area contributed by atoms with Crippen LogP contribution in [0.5, 0.6) is 11.5 Å². The fourth-order valence-corrected chi connectivity index (χ4v) is 2.00. The molecule has 0 spiro atoms. The van der Waals surface area contributed by atoms with Gasteiger partial charge < -0.3 is 30.2 Å². The Labute approximate surface area is 138 Å². The van der Waals surface area contributed by atoms with Gasteiger partial charge in [-0.15, -0.1) is 0 Å². The molecule has 0 amide bonds. The van der Waals surface area contributed by atoms with Crippen molar-refractivity contribution < 1.29 is 14.2 Å². The van der Waals surface area contributed by atoms with Gasteiger partial charge in [-0.25, -0.2) is 0 Å². The van der Waals surface area contributed by atoms with Crippen LogP contribution in [0.1, 0.15) is 6.42 Å². The number of hydrogen-bond acceptors (Lipinski definition) is 5. The van der Waals surface area contributed by atoms with E-state index in [1.54, 1.807) is 21.3 Å². The number of rotatable bonds is 10. The number of likely N-dealkylation sites (N-methyl/N-ethyl adjacent to an activating group) is 1. The molecule has 0 saturated heterocycles. The van der Waals surface area contributed by atoms with Crippen LogP contribution in [0.3, 0.4) is 0 Å². The van der Waals surface area contributed by atoms with Crippen molar-refractivity contribution in [2.75, 3.05) is 59.9 Å². The number of guanidine groups is 1. The summed E-state index contributed by atoms with van der Waals surface area (Å²) in [7, 11) is 6.97. The third-order valence-corrected chi connectivity index (χ3v) is 3.31. The third-order valence-electron chi connectivity index (χ3n) is 3.31. The summed E-state index contributed by atoms with van der Waals surface area (Å²) in [6, 6.07) is 5.50. The molecule has 0 saturated carbocycles. The van der Waals surface area contributed by atoms with Crippen molar-refractivity contribution in [3.63, 3.8) is 0 Å². The van der Waals surface area contributed by atoms with Gasteiger partial charge in [-0.1, -0.05) is 0 Å². The molecule has 0 radical (unpaired) electrons. The van der Waals surface area contributed by atoms with E-state index in [0.29, 0.717) is 24.0 Å². The average Bonchev–Trinajstić information content (AvgIpc) is 2.56. The van der Waals surface area contributed by atoms with Crippen LogP contribution in [-0.2, 0) is 4.74 Å². The van der Waals surface area contributed by atoms with Crippen molar-refractivity contribution >= 4 is 11.6 Å².